The van der Waals surface area contributed by atoms with Crippen molar-refractivity contribution < 1.29 is 0 Å². The standard InChI is InChI=1S/C46H28S2/c1-3-14-30(15-4-1)43-44(31-16-5-2-6-17-31)46-40(39-27-41(47-45(39)43)34-24-23-29-13-7-8-18-32(29)25-34)28-42(48-46)38-26-33-19-9-10-20-35(33)36-21-11-12-22-37(36)38/h1-28H. The van der Waals surface area contributed by atoms with E-state index in [0.29, 0.717) is 0 Å². The highest BCUT2D eigenvalue weighted by Crippen LogP contribution is 2.53. The van der Waals surface area contributed by atoms with Gasteiger partial charge in [-0.3, -0.25) is 0 Å². The van der Waals surface area contributed by atoms with Crippen LogP contribution in [-0.4, -0.2) is 0 Å². The van der Waals surface area contributed by atoms with E-state index < -0.39 is 0 Å². The molecular weight excluding hydrogens is 617 g/mol. The Labute approximate surface area is 286 Å². The van der Waals surface area contributed by atoms with Gasteiger partial charge >= 0.3 is 0 Å². The summed E-state index contributed by atoms with van der Waals surface area (Å²) >= 11 is 3.85. The van der Waals surface area contributed by atoms with E-state index in [1.165, 1.54) is 95.6 Å². The predicted octanol–water partition coefficient (Wildman–Crippen LogP) is 14.2. The van der Waals surface area contributed by atoms with Crippen molar-refractivity contribution in [3.63, 3.8) is 0 Å². The molecule has 2 aromatic heterocycles. The highest BCUT2D eigenvalue weighted by molar-refractivity contribution is 7.25. The van der Waals surface area contributed by atoms with Crippen LogP contribution in [0.4, 0.5) is 0 Å². The largest absolute Gasteiger partial charge is 0.135 e. The molecule has 10 aromatic rings. The van der Waals surface area contributed by atoms with Gasteiger partial charge in [0.25, 0.3) is 0 Å². The fourth-order valence-electron chi connectivity index (χ4n) is 7.42. The molecule has 8 aromatic carbocycles. The second-order valence-electron chi connectivity index (χ2n) is 12.4. The quantitative estimate of drug-likeness (QED) is 0.167. The zero-order valence-electron chi connectivity index (χ0n) is 26.0. The molecule has 224 valence electrons. The van der Waals surface area contributed by atoms with Gasteiger partial charge in [0.1, 0.15) is 0 Å². The molecule has 0 N–H and O–H groups in total. The Kier molecular flexibility index (Phi) is 6.33. The van der Waals surface area contributed by atoms with E-state index in [1.807, 2.05) is 22.7 Å². The van der Waals surface area contributed by atoms with Crippen LogP contribution in [0.1, 0.15) is 0 Å². The van der Waals surface area contributed by atoms with Crippen LogP contribution < -0.4 is 0 Å². The lowest BCUT2D eigenvalue weighted by Crippen LogP contribution is -1.87. The molecule has 10 rings (SSSR count). The molecule has 0 amide bonds. The Morgan fingerprint density at radius 2 is 0.812 bits per heavy atom. The fraction of sp³-hybridized carbons (Fsp3) is 0. The van der Waals surface area contributed by atoms with Gasteiger partial charge in [-0.15, -0.1) is 22.7 Å². The van der Waals surface area contributed by atoms with Gasteiger partial charge in [-0.1, -0.05) is 146 Å². The molecule has 0 bridgehead atoms. The Morgan fingerprint density at radius 3 is 1.50 bits per heavy atom. The maximum absolute atomic E-state index is 2.47. The van der Waals surface area contributed by atoms with Crippen molar-refractivity contribution in [2.45, 2.75) is 0 Å². The molecule has 0 saturated heterocycles. The van der Waals surface area contributed by atoms with E-state index in [-0.39, 0.29) is 0 Å². The molecule has 0 spiro atoms. The highest BCUT2D eigenvalue weighted by Gasteiger charge is 2.23. The first-order valence-corrected chi connectivity index (χ1v) is 18.0. The lowest BCUT2D eigenvalue weighted by molar-refractivity contribution is 1.65. The SMILES string of the molecule is c1ccc(-c2c(-c3ccccc3)c3sc(-c4cc5ccccc5c5ccccc45)cc3c3cc(-c4ccc5ccccc5c4)sc23)cc1. The summed E-state index contributed by atoms with van der Waals surface area (Å²) in [5, 5.41) is 10.4. The fourth-order valence-corrected chi connectivity index (χ4v) is 9.94. The second kappa shape index (κ2) is 11.0. The average Bonchev–Trinajstić information content (AvgIpc) is 3.80. The normalized spacial score (nSPS) is 11.8. The van der Waals surface area contributed by atoms with Crippen molar-refractivity contribution in [2.75, 3.05) is 0 Å². The third kappa shape index (κ3) is 4.34. The van der Waals surface area contributed by atoms with Gasteiger partial charge in [-0.25, -0.2) is 0 Å². The van der Waals surface area contributed by atoms with Gasteiger partial charge in [0.05, 0.1) is 0 Å². The van der Waals surface area contributed by atoms with Gasteiger partial charge in [0.15, 0.2) is 0 Å². The molecule has 0 atom stereocenters. The molecule has 0 aliphatic heterocycles. The Hall–Kier alpha value is -5.54. The molecule has 48 heavy (non-hydrogen) atoms. The summed E-state index contributed by atoms with van der Waals surface area (Å²) < 4.78 is 2.67. The van der Waals surface area contributed by atoms with Crippen molar-refractivity contribution in [1.82, 2.24) is 0 Å². The summed E-state index contributed by atoms with van der Waals surface area (Å²) in [4.78, 5) is 2.59. The van der Waals surface area contributed by atoms with Gasteiger partial charge < -0.3 is 0 Å². The van der Waals surface area contributed by atoms with Crippen LogP contribution in [-0.2, 0) is 0 Å². The minimum atomic E-state index is 1.25. The van der Waals surface area contributed by atoms with Crippen molar-refractivity contribution in [3.05, 3.63) is 170 Å². The van der Waals surface area contributed by atoms with Gasteiger partial charge in [0, 0.05) is 46.6 Å². The number of rotatable bonds is 4. The zero-order chi connectivity index (χ0) is 31.6. The second-order valence-corrected chi connectivity index (χ2v) is 14.5. The summed E-state index contributed by atoms with van der Waals surface area (Å²) in [5.74, 6) is 0. The number of hydrogen-bond acceptors (Lipinski definition) is 2. The molecule has 0 unspecified atom stereocenters. The minimum absolute atomic E-state index is 1.25. The van der Waals surface area contributed by atoms with E-state index in [4.69, 9.17) is 0 Å². The lowest BCUT2D eigenvalue weighted by atomic mass is 9.91. The first kappa shape index (κ1) is 27.6. The van der Waals surface area contributed by atoms with Gasteiger partial charge in [-0.05, 0) is 73.3 Å². The van der Waals surface area contributed by atoms with Crippen LogP contribution in [0.25, 0.3) is 95.6 Å². The lowest BCUT2D eigenvalue weighted by Gasteiger charge is -2.14. The molecule has 2 heteroatoms. The summed E-state index contributed by atoms with van der Waals surface area (Å²) in [7, 11) is 0. The molecule has 0 aliphatic carbocycles. The first-order chi connectivity index (χ1) is 23.8. The molecule has 0 saturated carbocycles. The maximum atomic E-state index is 2.47. The molecule has 0 aliphatic rings. The summed E-state index contributed by atoms with van der Waals surface area (Å²) in [6.07, 6.45) is 0. The number of fused-ring (bicyclic) bond motifs is 7. The summed E-state index contributed by atoms with van der Waals surface area (Å²) in [5.41, 5.74) is 7.70. The zero-order valence-corrected chi connectivity index (χ0v) is 27.6. The first-order valence-electron chi connectivity index (χ1n) is 16.3. The van der Waals surface area contributed by atoms with Crippen molar-refractivity contribution in [3.8, 4) is 43.1 Å². The smallest absolute Gasteiger partial charge is 0.0441 e. The number of hydrogen-bond donors (Lipinski definition) is 0. The molecule has 0 radical (unpaired) electrons. The molecule has 0 nitrogen and oxygen atoms in total. The average molecular weight is 645 g/mol. The van der Waals surface area contributed by atoms with Crippen LogP contribution >= 0.6 is 22.7 Å². The van der Waals surface area contributed by atoms with Gasteiger partial charge in [-0.2, -0.15) is 0 Å². The third-order valence-electron chi connectivity index (χ3n) is 9.65. The molecular formula is C46H28S2. The Bertz CT molecular complexity index is 2820. The van der Waals surface area contributed by atoms with Crippen molar-refractivity contribution >= 4 is 75.2 Å². The number of benzene rings is 8. The summed E-state index contributed by atoms with van der Waals surface area (Å²) in [6, 6.07) is 62.5. The van der Waals surface area contributed by atoms with E-state index in [0.717, 1.165) is 0 Å². The van der Waals surface area contributed by atoms with E-state index in [2.05, 4.69) is 170 Å². The van der Waals surface area contributed by atoms with Crippen LogP contribution in [0.15, 0.2) is 170 Å². The predicted molar refractivity (Wildman–Crippen MR) is 211 cm³/mol. The minimum Gasteiger partial charge on any atom is -0.135 e. The highest BCUT2D eigenvalue weighted by atomic mass is 32.1. The summed E-state index contributed by atoms with van der Waals surface area (Å²) in [6.45, 7) is 0. The van der Waals surface area contributed by atoms with Crippen LogP contribution in [0.5, 0.6) is 0 Å². The Morgan fingerprint density at radius 1 is 0.292 bits per heavy atom. The third-order valence-corrected chi connectivity index (χ3v) is 12.0. The number of thiophene rings is 2. The molecule has 2 heterocycles. The van der Waals surface area contributed by atoms with E-state index >= 15 is 0 Å². The van der Waals surface area contributed by atoms with Crippen LogP contribution in [0, 0.1) is 0 Å². The van der Waals surface area contributed by atoms with E-state index in [1.54, 1.807) is 0 Å². The molecule has 0 fully saturated rings. The monoisotopic (exact) mass is 644 g/mol. The van der Waals surface area contributed by atoms with Gasteiger partial charge in [0.2, 0.25) is 0 Å². The van der Waals surface area contributed by atoms with Crippen LogP contribution in [0.3, 0.4) is 0 Å². The topological polar surface area (TPSA) is 0 Å². The van der Waals surface area contributed by atoms with Crippen molar-refractivity contribution in [1.29, 1.82) is 0 Å². The Balaban J connectivity index is 1.33. The maximum Gasteiger partial charge on any atom is 0.0441 e. The van der Waals surface area contributed by atoms with Crippen LogP contribution in [0.2, 0.25) is 0 Å². The van der Waals surface area contributed by atoms with E-state index in [9.17, 15) is 0 Å². The van der Waals surface area contributed by atoms with Crippen molar-refractivity contribution in [2.24, 2.45) is 0 Å².